The van der Waals surface area contributed by atoms with E-state index in [1.807, 2.05) is 30.5 Å². The second kappa shape index (κ2) is 10.1. The molecule has 0 bridgehead atoms. The molecule has 2 rings (SSSR count). The lowest BCUT2D eigenvalue weighted by molar-refractivity contribution is -0.122. The lowest BCUT2D eigenvalue weighted by Gasteiger charge is -2.41. The van der Waals surface area contributed by atoms with Crippen molar-refractivity contribution in [3.63, 3.8) is 0 Å². The van der Waals surface area contributed by atoms with Crippen LogP contribution < -0.4 is 0 Å². The lowest BCUT2D eigenvalue weighted by atomic mass is 9.95. The van der Waals surface area contributed by atoms with Crippen molar-refractivity contribution >= 4 is 20.3 Å². The number of ether oxygens (including phenoxy) is 1. The number of cyclic esters (lactones) is 1. The van der Waals surface area contributed by atoms with Crippen LogP contribution in [0.25, 0.3) is 0 Å². The third-order valence-electron chi connectivity index (χ3n) is 6.57. The third kappa shape index (κ3) is 5.85. The maximum atomic E-state index is 12.2. The molecular weight excluding hydrogens is 394 g/mol. The molecule has 30 heavy (non-hydrogen) atoms. The molecule has 0 aliphatic carbocycles. The Hall–Kier alpha value is -2.34. The van der Waals surface area contributed by atoms with Gasteiger partial charge in [-0.3, -0.25) is 4.79 Å². The van der Waals surface area contributed by atoms with E-state index in [0.717, 1.165) is 10.5 Å². The minimum atomic E-state index is -1.95. The van der Waals surface area contributed by atoms with Crippen molar-refractivity contribution in [1.29, 1.82) is 0 Å². The zero-order chi connectivity index (χ0) is 22.4. The summed E-state index contributed by atoms with van der Waals surface area (Å²) in [7, 11) is -1.95. The number of allylic oxidation sites excluding steroid dienone is 2. The van der Waals surface area contributed by atoms with Crippen LogP contribution in [0.3, 0.4) is 0 Å². The smallest absolute Gasteiger partial charge is 0.416 e. The van der Waals surface area contributed by atoms with Crippen LogP contribution in [0.5, 0.6) is 0 Å². The lowest BCUT2D eigenvalue weighted by Crippen LogP contribution is -2.43. The van der Waals surface area contributed by atoms with Gasteiger partial charge in [0.05, 0.1) is 12.8 Å². The number of imide groups is 1. The molecule has 1 aromatic rings. The van der Waals surface area contributed by atoms with E-state index < -0.39 is 14.4 Å². The summed E-state index contributed by atoms with van der Waals surface area (Å²) in [6.45, 7) is 14.1. The predicted octanol–water partition coefficient (Wildman–Crippen LogP) is 5.87. The molecule has 5 nitrogen and oxygen atoms in total. The topological polar surface area (TPSA) is 55.8 Å². The molecule has 2 amide bonds. The second-order valence-corrected chi connectivity index (χ2v) is 13.6. The number of hydrogen-bond donors (Lipinski definition) is 0. The first-order valence-corrected chi connectivity index (χ1v) is 13.5. The van der Waals surface area contributed by atoms with Gasteiger partial charge in [0.15, 0.2) is 0 Å². The van der Waals surface area contributed by atoms with Crippen molar-refractivity contribution in [3.8, 4) is 0 Å². The molecule has 164 valence electrons. The third-order valence-corrected chi connectivity index (χ3v) is 11.0. The number of carbonyl (C=O) groups excluding carboxylic acids is 2. The van der Waals surface area contributed by atoms with Gasteiger partial charge in [-0.05, 0) is 48.2 Å². The number of hydrogen-bond acceptors (Lipinski definition) is 4. The van der Waals surface area contributed by atoms with Crippen LogP contribution in [0.15, 0.2) is 54.8 Å². The molecule has 1 aliphatic heterocycles. The summed E-state index contributed by atoms with van der Waals surface area (Å²) in [5.74, 6) is 0.271. The van der Waals surface area contributed by atoms with Gasteiger partial charge in [0, 0.05) is 5.92 Å². The Balaban J connectivity index is 2.09. The Labute approximate surface area is 181 Å². The Bertz CT molecular complexity index is 784. The number of carbonyl (C=O) groups is 2. The summed E-state index contributed by atoms with van der Waals surface area (Å²) in [5, 5.41) is 0.135. The predicted molar refractivity (Wildman–Crippen MR) is 123 cm³/mol. The molecule has 0 aromatic heterocycles. The first-order valence-electron chi connectivity index (χ1n) is 10.6. The maximum absolute atomic E-state index is 12.2. The fourth-order valence-corrected chi connectivity index (χ4v) is 5.29. The van der Waals surface area contributed by atoms with E-state index in [9.17, 15) is 9.59 Å². The van der Waals surface area contributed by atoms with E-state index in [1.54, 1.807) is 0 Å². The van der Waals surface area contributed by atoms with Crippen LogP contribution >= 0.6 is 0 Å². The largest absolute Gasteiger partial charge is 0.549 e. The van der Waals surface area contributed by atoms with Crippen LogP contribution in [0.4, 0.5) is 4.79 Å². The molecule has 0 radical (unpaired) electrons. The number of nitrogens with zero attached hydrogens (tertiary/aromatic N) is 1. The van der Waals surface area contributed by atoms with Crippen molar-refractivity contribution in [2.45, 2.75) is 58.2 Å². The van der Waals surface area contributed by atoms with E-state index in [0.29, 0.717) is 18.9 Å². The van der Waals surface area contributed by atoms with E-state index in [-0.39, 0.29) is 23.5 Å². The van der Waals surface area contributed by atoms with Gasteiger partial charge in [-0.1, -0.05) is 64.1 Å². The Morgan fingerprint density at radius 2 is 1.93 bits per heavy atom. The van der Waals surface area contributed by atoms with Crippen molar-refractivity contribution < 1.29 is 18.8 Å². The molecule has 6 heteroatoms. The average molecular weight is 430 g/mol. The SMILES string of the molecule is CC(C)C(C)(C)[Si](C)(C)O/C=C\C(C/C=C/C(=O)N1CCOC1=O)c1ccccc1. The fraction of sp³-hybridized carbons (Fsp3) is 0.500. The Morgan fingerprint density at radius 1 is 1.27 bits per heavy atom. The molecule has 0 N–H and O–H groups in total. The minimum Gasteiger partial charge on any atom is -0.549 e. The van der Waals surface area contributed by atoms with Crippen LogP contribution in [-0.4, -0.2) is 38.4 Å². The van der Waals surface area contributed by atoms with Crippen molar-refractivity contribution in [1.82, 2.24) is 4.90 Å². The summed E-state index contributed by atoms with van der Waals surface area (Å²) in [6, 6.07) is 10.1. The molecule has 1 saturated heterocycles. The van der Waals surface area contributed by atoms with Gasteiger partial charge in [0.25, 0.3) is 5.91 Å². The van der Waals surface area contributed by atoms with Crippen molar-refractivity contribution in [3.05, 3.63) is 60.4 Å². The monoisotopic (exact) mass is 429 g/mol. The fourth-order valence-electron chi connectivity index (χ4n) is 3.18. The van der Waals surface area contributed by atoms with Gasteiger partial charge in [0.1, 0.15) is 6.61 Å². The highest BCUT2D eigenvalue weighted by Gasteiger charge is 2.44. The zero-order valence-corrected chi connectivity index (χ0v) is 20.1. The van der Waals surface area contributed by atoms with E-state index in [4.69, 9.17) is 9.16 Å². The van der Waals surface area contributed by atoms with Gasteiger partial charge in [-0.15, -0.1) is 0 Å². The van der Waals surface area contributed by atoms with Gasteiger partial charge in [-0.2, -0.15) is 0 Å². The number of rotatable bonds is 9. The molecule has 0 spiro atoms. The highest BCUT2D eigenvalue weighted by Crippen LogP contribution is 2.44. The Kier molecular flexibility index (Phi) is 8.07. The zero-order valence-electron chi connectivity index (χ0n) is 19.1. The summed E-state index contributed by atoms with van der Waals surface area (Å²) in [5.41, 5.74) is 1.15. The molecule has 1 heterocycles. The highest BCUT2D eigenvalue weighted by molar-refractivity contribution is 6.74. The van der Waals surface area contributed by atoms with E-state index in [2.05, 4.69) is 59.0 Å². The summed E-state index contributed by atoms with van der Waals surface area (Å²) >= 11 is 0. The van der Waals surface area contributed by atoms with Gasteiger partial charge < -0.3 is 9.16 Å². The standard InChI is InChI=1S/C24H35NO4Si/c1-19(2)24(3,4)30(5,6)29-17-15-21(20-11-8-7-9-12-20)13-10-14-22(26)25-16-18-28-23(25)27/h7-12,14-15,17,19,21H,13,16,18H2,1-6H3/b14-10+,17-15-. The van der Waals surface area contributed by atoms with Gasteiger partial charge >= 0.3 is 6.09 Å². The van der Waals surface area contributed by atoms with Crippen molar-refractivity contribution in [2.75, 3.05) is 13.2 Å². The summed E-state index contributed by atoms with van der Waals surface area (Å²) < 4.78 is 11.1. The minimum absolute atomic E-state index is 0.0766. The molecule has 0 saturated carbocycles. The van der Waals surface area contributed by atoms with Crippen LogP contribution in [-0.2, 0) is 14.0 Å². The Morgan fingerprint density at radius 3 is 2.50 bits per heavy atom. The average Bonchev–Trinajstić information content (AvgIpc) is 3.13. The molecule has 1 unspecified atom stereocenters. The number of benzene rings is 1. The summed E-state index contributed by atoms with van der Waals surface area (Å²) in [6.07, 6.45) is 7.25. The number of amides is 2. The quantitative estimate of drug-likeness (QED) is 0.280. The maximum Gasteiger partial charge on any atom is 0.416 e. The van der Waals surface area contributed by atoms with Gasteiger partial charge in [0.2, 0.25) is 8.32 Å². The first-order chi connectivity index (χ1) is 14.1. The molecule has 1 aliphatic rings. The van der Waals surface area contributed by atoms with Crippen LogP contribution in [0.1, 0.15) is 45.6 Å². The molecular formula is C24H35NO4Si. The van der Waals surface area contributed by atoms with Crippen LogP contribution in [0.2, 0.25) is 18.1 Å². The van der Waals surface area contributed by atoms with Gasteiger partial charge in [-0.25, -0.2) is 9.69 Å². The first kappa shape index (κ1) is 23.9. The highest BCUT2D eigenvalue weighted by atomic mass is 28.4. The van der Waals surface area contributed by atoms with E-state index >= 15 is 0 Å². The molecule has 1 aromatic carbocycles. The summed E-state index contributed by atoms with van der Waals surface area (Å²) in [4.78, 5) is 24.8. The van der Waals surface area contributed by atoms with Crippen molar-refractivity contribution in [2.24, 2.45) is 5.92 Å². The van der Waals surface area contributed by atoms with E-state index in [1.165, 1.54) is 6.08 Å². The second-order valence-electron chi connectivity index (χ2n) is 9.09. The van der Waals surface area contributed by atoms with Crippen LogP contribution in [0, 0.1) is 5.92 Å². The molecule has 1 atom stereocenters. The normalized spacial score (nSPS) is 16.5. The molecule has 1 fully saturated rings.